The average molecular weight is 228 g/mol. The van der Waals surface area contributed by atoms with Gasteiger partial charge in [-0.25, -0.2) is 4.98 Å². The number of pyridine rings is 2. The number of aromatic nitrogens is 2. The summed E-state index contributed by atoms with van der Waals surface area (Å²) in [6.45, 7) is 1.90. The molecule has 2 aromatic rings. The fraction of sp³-hybridized carbons (Fsp3) is 0.0833. The minimum Gasteiger partial charge on any atom is -0.383 e. The van der Waals surface area contributed by atoms with E-state index >= 15 is 0 Å². The van der Waals surface area contributed by atoms with Crippen LogP contribution in [0.15, 0.2) is 30.6 Å². The van der Waals surface area contributed by atoms with Crippen molar-refractivity contribution < 1.29 is 4.79 Å². The monoisotopic (exact) mass is 228 g/mol. The van der Waals surface area contributed by atoms with E-state index in [2.05, 4.69) is 9.97 Å². The van der Waals surface area contributed by atoms with Crippen LogP contribution < -0.4 is 11.5 Å². The zero-order valence-electron chi connectivity index (χ0n) is 9.34. The van der Waals surface area contributed by atoms with Crippen LogP contribution in [0, 0.1) is 6.92 Å². The fourth-order valence-electron chi connectivity index (χ4n) is 1.47. The molecule has 5 nitrogen and oxygen atoms in total. The molecule has 0 saturated carbocycles. The van der Waals surface area contributed by atoms with Gasteiger partial charge in [-0.1, -0.05) is 6.07 Å². The topological polar surface area (TPSA) is 94.9 Å². The molecular weight excluding hydrogens is 216 g/mol. The van der Waals surface area contributed by atoms with Gasteiger partial charge in [-0.05, 0) is 19.1 Å². The van der Waals surface area contributed by atoms with E-state index in [0.717, 1.165) is 16.8 Å². The standard InChI is InChI=1S/C12H12N4O/c1-7-2-3-8(5-15-7)9-4-10(12(14)17)11(13)16-6-9/h2-6H,1H3,(H2,13,16)(H2,14,17). The van der Waals surface area contributed by atoms with Crippen molar-refractivity contribution in [3.63, 3.8) is 0 Å². The van der Waals surface area contributed by atoms with Crippen LogP contribution in [-0.2, 0) is 0 Å². The zero-order valence-corrected chi connectivity index (χ0v) is 9.34. The number of nitrogen functional groups attached to an aromatic ring is 1. The van der Waals surface area contributed by atoms with E-state index in [0.29, 0.717) is 0 Å². The van der Waals surface area contributed by atoms with Gasteiger partial charge in [-0.3, -0.25) is 9.78 Å². The first-order valence-electron chi connectivity index (χ1n) is 5.06. The van der Waals surface area contributed by atoms with E-state index in [1.165, 1.54) is 0 Å². The molecular formula is C12H12N4O. The molecule has 0 bridgehead atoms. The Bertz CT molecular complexity index is 563. The van der Waals surface area contributed by atoms with E-state index in [9.17, 15) is 4.79 Å². The van der Waals surface area contributed by atoms with Crippen LogP contribution in [0.2, 0.25) is 0 Å². The molecule has 17 heavy (non-hydrogen) atoms. The highest BCUT2D eigenvalue weighted by Crippen LogP contribution is 2.21. The summed E-state index contributed by atoms with van der Waals surface area (Å²) >= 11 is 0. The smallest absolute Gasteiger partial charge is 0.252 e. The first kappa shape index (κ1) is 11.1. The largest absolute Gasteiger partial charge is 0.383 e. The Hall–Kier alpha value is -2.43. The molecule has 0 spiro atoms. The maximum Gasteiger partial charge on any atom is 0.252 e. The van der Waals surface area contributed by atoms with Gasteiger partial charge >= 0.3 is 0 Å². The maximum absolute atomic E-state index is 11.1. The van der Waals surface area contributed by atoms with Crippen molar-refractivity contribution >= 4 is 11.7 Å². The van der Waals surface area contributed by atoms with Gasteiger partial charge in [-0.15, -0.1) is 0 Å². The van der Waals surface area contributed by atoms with E-state index in [4.69, 9.17) is 11.5 Å². The van der Waals surface area contributed by atoms with Gasteiger partial charge < -0.3 is 11.5 Å². The van der Waals surface area contributed by atoms with E-state index < -0.39 is 5.91 Å². The number of rotatable bonds is 2. The molecule has 0 saturated heterocycles. The van der Waals surface area contributed by atoms with E-state index in [1.807, 2.05) is 19.1 Å². The number of nitrogens with zero attached hydrogens (tertiary/aromatic N) is 2. The van der Waals surface area contributed by atoms with Gasteiger partial charge in [-0.2, -0.15) is 0 Å². The minimum atomic E-state index is -0.586. The molecule has 5 heteroatoms. The molecule has 4 N–H and O–H groups in total. The van der Waals surface area contributed by atoms with Crippen LogP contribution in [0.5, 0.6) is 0 Å². The Morgan fingerprint density at radius 2 is 1.88 bits per heavy atom. The second-order valence-electron chi connectivity index (χ2n) is 3.71. The number of nitrogens with two attached hydrogens (primary N) is 2. The Morgan fingerprint density at radius 1 is 1.18 bits per heavy atom. The predicted molar refractivity (Wildman–Crippen MR) is 65.1 cm³/mol. The van der Waals surface area contributed by atoms with Gasteiger partial charge in [0.15, 0.2) is 0 Å². The molecule has 0 aliphatic carbocycles. The minimum absolute atomic E-state index is 0.140. The normalized spacial score (nSPS) is 10.2. The van der Waals surface area contributed by atoms with Gasteiger partial charge in [0.05, 0.1) is 5.56 Å². The molecule has 0 fully saturated rings. The van der Waals surface area contributed by atoms with Crippen LogP contribution in [0.4, 0.5) is 5.82 Å². The summed E-state index contributed by atoms with van der Waals surface area (Å²) in [6.07, 6.45) is 3.31. The number of hydrogen-bond donors (Lipinski definition) is 2. The molecule has 0 aliphatic rings. The molecule has 0 aliphatic heterocycles. The van der Waals surface area contributed by atoms with Crippen molar-refractivity contribution in [2.75, 3.05) is 5.73 Å². The highest BCUT2D eigenvalue weighted by molar-refractivity contribution is 5.98. The zero-order chi connectivity index (χ0) is 12.4. The summed E-state index contributed by atoms with van der Waals surface area (Å²) in [5, 5.41) is 0. The van der Waals surface area contributed by atoms with Gasteiger partial charge in [0.1, 0.15) is 5.82 Å². The molecule has 0 atom stereocenters. The number of amides is 1. The van der Waals surface area contributed by atoms with Crippen LogP contribution >= 0.6 is 0 Å². The number of aryl methyl sites for hydroxylation is 1. The van der Waals surface area contributed by atoms with Crippen molar-refractivity contribution in [3.8, 4) is 11.1 Å². The summed E-state index contributed by atoms with van der Waals surface area (Å²) in [6, 6.07) is 5.41. The second kappa shape index (κ2) is 4.21. The maximum atomic E-state index is 11.1. The van der Waals surface area contributed by atoms with Crippen molar-refractivity contribution in [1.82, 2.24) is 9.97 Å². The Labute approximate surface area is 98.5 Å². The molecule has 0 unspecified atom stereocenters. The summed E-state index contributed by atoms with van der Waals surface area (Å²) in [5.41, 5.74) is 13.6. The van der Waals surface area contributed by atoms with Crippen LogP contribution in [0.1, 0.15) is 16.1 Å². The van der Waals surface area contributed by atoms with Crippen molar-refractivity contribution in [3.05, 3.63) is 41.9 Å². The summed E-state index contributed by atoms with van der Waals surface area (Å²) in [4.78, 5) is 19.3. The SMILES string of the molecule is Cc1ccc(-c2cnc(N)c(C(N)=O)c2)cn1. The van der Waals surface area contributed by atoms with Crippen LogP contribution in [0.25, 0.3) is 11.1 Å². The number of anilines is 1. The van der Waals surface area contributed by atoms with Crippen molar-refractivity contribution in [2.45, 2.75) is 6.92 Å². The quantitative estimate of drug-likeness (QED) is 0.805. The summed E-state index contributed by atoms with van der Waals surface area (Å²) < 4.78 is 0. The summed E-state index contributed by atoms with van der Waals surface area (Å²) in [7, 11) is 0. The summed E-state index contributed by atoms with van der Waals surface area (Å²) in [5.74, 6) is -0.446. The molecule has 0 aromatic carbocycles. The van der Waals surface area contributed by atoms with E-state index in [1.54, 1.807) is 18.5 Å². The first-order valence-corrected chi connectivity index (χ1v) is 5.06. The molecule has 0 radical (unpaired) electrons. The lowest BCUT2D eigenvalue weighted by atomic mass is 10.1. The lowest BCUT2D eigenvalue weighted by Gasteiger charge is -2.05. The number of primary amides is 1. The second-order valence-corrected chi connectivity index (χ2v) is 3.71. The van der Waals surface area contributed by atoms with Gasteiger partial charge in [0, 0.05) is 29.2 Å². The van der Waals surface area contributed by atoms with Crippen molar-refractivity contribution in [2.24, 2.45) is 5.73 Å². The lowest BCUT2D eigenvalue weighted by molar-refractivity contribution is 0.100. The first-order chi connectivity index (χ1) is 8.08. The van der Waals surface area contributed by atoms with Gasteiger partial charge in [0.25, 0.3) is 5.91 Å². The molecule has 86 valence electrons. The van der Waals surface area contributed by atoms with Crippen molar-refractivity contribution in [1.29, 1.82) is 0 Å². The number of carbonyl (C=O) groups is 1. The lowest BCUT2D eigenvalue weighted by Crippen LogP contribution is -2.14. The Kier molecular flexibility index (Phi) is 2.74. The Balaban J connectivity index is 2.50. The van der Waals surface area contributed by atoms with Crippen LogP contribution in [0.3, 0.4) is 0 Å². The predicted octanol–water partition coefficient (Wildman–Crippen LogP) is 1.13. The average Bonchev–Trinajstić information content (AvgIpc) is 2.30. The highest BCUT2D eigenvalue weighted by Gasteiger charge is 2.09. The third-order valence-electron chi connectivity index (χ3n) is 2.43. The molecule has 2 aromatic heterocycles. The molecule has 1 amide bonds. The van der Waals surface area contributed by atoms with Gasteiger partial charge in [0.2, 0.25) is 0 Å². The third kappa shape index (κ3) is 2.23. The molecule has 2 rings (SSSR count). The number of hydrogen-bond acceptors (Lipinski definition) is 4. The third-order valence-corrected chi connectivity index (χ3v) is 2.43. The van der Waals surface area contributed by atoms with E-state index in [-0.39, 0.29) is 11.4 Å². The molecule has 2 heterocycles. The van der Waals surface area contributed by atoms with Crippen LogP contribution in [-0.4, -0.2) is 15.9 Å². The fourth-order valence-corrected chi connectivity index (χ4v) is 1.47. The Morgan fingerprint density at radius 3 is 2.47 bits per heavy atom. The highest BCUT2D eigenvalue weighted by atomic mass is 16.1. The number of carbonyl (C=O) groups excluding carboxylic acids is 1.